The number of hydrogen-bond donors (Lipinski definition) is 2. The van der Waals surface area contributed by atoms with Crippen LogP contribution in [0.3, 0.4) is 0 Å². The second-order valence-corrected chi connectivity index (χ2v) is 14.8. The van der Waals surface area contributed by atoms with Gasteiger partial charge in [0.15, 0.2) is 5.78 Å². The van der Waals surface area contributed by atoms with E-state index in [4.69, 9.17) is 0 Å². The van der Waals surface area contributed by atoms with Crippen molar-refractivity contribution in [2.75, 3.05) is 26.2 Å². The van der Waals surface area contributed by atoms with E-state index in [1.807, 2.05) is 56.0 Å². The molecule has 0 radical (unpaired) electrons. The van der Waals surface area contributed by atoms with Crippen molar-refractivity contribution in [3.63, 3.8) is 0 Å². The van der Waals surface area contributed by atoms with Gasteiger partial charge in [-0.25, -0.2) is 0 Å². The molecule has 2 N–H and O–H groups in total. The lowest BCUT2D eigenvalue weighted by molar-refractivity contribution is -0.132. The van der Waals surface area contributed by atoms with E-state index in [9.17, 15) is 19.5 Å². The van der Waals surface area contributed by atoms with Crippen molar-refractivity contribution in [3.8, 4) is 0 Å². The highest BCUT2D eigenvalue weighted by Crippen LogP contribution is 2.39. The van der Waals surface area contributed by atoms with Gasteiger partial charge in [-0.2, -0.15) is 0 Å². The number of carbonyl (C=O) groups is 3. The van der Waals surface area contributed by atoms with Gasteiger partial charge in [0.1, 0.15) is 0 Å². The molecule has 0 aromatic heterocycles. The summed E-state index contributed by atoms with van der Waals surface area (Å²) >= 11 is 0. The molecule has 1 saturated carbocycles. The molecular formula is C39H57N3O4. The fraction of sp³-hybridized carbons (Fsp3) is 0.615. The van der Waals surface area contributed by atoms with E-state index in [0.717, 1.165) is 31.4 Å². The van der Waals surface area contributed by atoms with Crippen LogP contribution in [0.5, 0.6) is 0 Å². The third-order valence-corrected chi connectivity index (χ3v) is 9.76. The summed E-state index contributed by atoms with van der Waals surface area (Å²) in [5.41, 5.74) is 1.74. The van der Waals surface area contributed by atoms with Crippen LogP contribution in [0.4, 0.5) is 0 Å². The largest absolute Gasteiger partial charge is 0.391 e. The number of hydrogen-bond acceptors (Lipinski definition) is 5. The smallest absolute Gasteiger partial charge is 0.253 e. The van der Waals surface area contributed by atoms with Gasteiger partial charge >= 0.3 is 0 Å². The molecule has 0 unspecified atom stereocenters. The maximum Gasteiger partial charge on any atom is 0.253 e. The van der Waals surface area contributed by atoms with Gasteiger partial charge in [-0.3, -0.25) is 19.3 Å². The van der Waals surface area contributed by atoms with Crippen molar-refractivity contribution >= 4 is 17.6 Å². The number of aliphatic hydroxyl groups excluding tert-OH is 1. The summed E-state index contributed by atoms with van der Waals surface area (Å²) in [5, 5.41) is 15.1. The number of Topliss-reactive ketones (excluding diaryl/α,β-unsaturated/α-hetero) is 1. The van der Waals surface area contributed by atoms with Crippen LogP contribution in [0.15, 0.2) is 54.6 Å². The molecule has 252 valence electrons. The molecule has 2 aromatic carbocycles. The Kier molecular flexibility index (Phi) is 13.0. The van der Waals surface area contributed by atoms with Crippen LogP contribution in [-0.2, 0) is 11.2 Å². The SMILES string of the molecule is CCCN(CCC)C(=O)c1cccc(C(=O)C[C@@H](Cc2ccccc2)[C@H](O)CN2C[C@H]3CCCC[C@H]3C[C@H]2C(=O)NC(C)(C)C)c1. The molecule has 1 aliphatic heterocycles. The fourth-order valence-electron chi connectivity index (χ4n) is 7.50. The molecule has 1 aliphatic carbocycles. The summed E-state index contributed by atoms with van der Waals surface area (Å²) < 4.78 is 0. The third kappa shape index (κ3) is 9.98. The number of ketones is 1. The predicted octanol–water partition coefficient (Wildman–Crippen LogP) is 6.54. The van der Waals surface area contributed by atoms with E-state index < -0.39 is 6.10 Å². The molecule has 5 atom stereocenters. The minimum absolute atomic E-state index is 0.0288. The van der Waals surface area contributed by atoms with Crippen LogP contribution in [-0.4, -0.2) is 76.4 Å². The second-order valence-electron chi connectivity index (χ2n) is 14.8. The fourth-order valence-corrected chi connectivity index (χ4v) is 7.50. The average molecular weight is 632 g/mol. The van der Waals surface area contributed by atoms with E-state index >= 15 is 0 Å². The Balaban J connectivity index is 1.55. The van der Waals surface area contributed by atoms with Crippen LogP contribution >= 0.6 is 0 Å². The van der Waals surface area contributed by atoms with Gasteiger partial charge in [-0.05, 0) is 88.3 Å². The molecule has 0 spiro atoms. The standard InChI is InChI=1S/C39H57N3O4/c1-6-20-41(21-7-2)38(46)31-19-13-18-30(23-31)35(43)25-33(22-28-14-9-8-10-15-28)36(44)27-42-26-32-17-12-11-16-29(32)24-34(42)37(45)40-39(3,4)5/h8-10,13-15,18-19,23,29,32-34,36,44H,6-7,11-12,16-17,20-22,24-27H2,1-5H3,(H,40,45)/t29-,32+,33+,34-,36+/m0/s1. The zero-order valence-electron chi connectivity index (χ0n) is 28.8. The zero-order chi connectivity index (χ0) is 33.3. The number of carbonyl (C=O) groups excluding carboxylic acids is 3. The van der Waals surface area contributed by atoms with Gasteiger partial charge in [0, 0.05) is 49.3 Å². The lowest BCUT2D eigenvalue weighted by Gasteiger charge is -2.47. The number of benzene rings is 2. The molecule has 4 rings (SSSR count). The van der Waals surface area contributed by atoms with Crippen LogP contribution in [0, 0.1) is 17.8 Å². The predicted molar refractivity (Wildman–Crippen MR) is 185 cm³/mol. The number of aliphatic hydroxyl groups is 1. The molecular weight excluding hydrogens is 574 g/mol. The van der Waals surface area contributed by atoms with Crippen LogP contribution in [0.25, 0.3) is 0 Å². The summed E-state index contributed by atoms with van der Waals surface area (Å²) in [4.78, 5) is 44.8. The highest BCUT2D eigenvalue weighted by atomic mass is 16.3. The number of amides is 2. The number of nitrogens with zero attached hydrogens (tertiary/aromatic N) is 2. The van der Waals surface area contributed by atoms with Crippen LogP contribution < -0.4 is 5.32 Å². The first-order valence-electron chi connectivity index (χ1n) is 17.7. The third-order valence-electron chi connectivity index (χ3n) is 9.76. The molecule has 7 heteroatoms. The minimum atomic E-state index is -0.802. The molecule has 7 nitrogen and oxygen atoms in total. The van der Waals surface area contributed by atoms with Gasteiger partial charge in [0.25, 0.3) is 5.91 Å². The molecule has 2 aromatic rings. The molecule has 2 fully saturated rings. The summed E-state index contributed by atoms with van der Waals surface area (Å²) in [7, 11) is 0. The Bertz CT molecular complexity index is 1280. The number of piperidine rings is 1. The Morgan fingerprint density at radius 2 is 1.59 bits per heavy atom. The van der Waals surface area contributed by atoms with Crippen molar-refractivity contribution in [2.45, 2.75) is 110 Å². The lowest BCUT2D eigenvalue weighted by atomic mass is 9.72. The van der Waals surface area contributed by atoms with Gasteiger partial charge in [-0.1, -0.05) is 75.6 Å². The topological polar surface area (TPSA) is 90.0 Å². The van der Waals surface area contributed by atoms with Gasteiger partial charge in [0.2, 0.25) is 5.91 Å². The summed E-state index contributed by atoms with van der Waals surface area (Å²) in [5.74, 6) is 0.627. The Hall–Kier alpha value is -3.03. The van der Waals surface area contributed by atoms with E-state index in [1.54, 1.807) is 24.3 Å². The molecule has 1 heterocycles. The van der Waals surface area contributed by atoms with E-state index in [2.05, 4.69) is 24.1 Å². The number of β-amino-alcohol motifs (C(OH)–C–C–N with tert-alkyl or cyclic N) is 1. The molecule has 46 heavy (non-hydrogen) atoms. The maximum atomic E-state index is 13.8. The van der Waals surface area contributed by atoms with E-state index in [1.165, 1.54) is 25.7 Å². The number of likely N-dealkylation sites (tertiary alicyclic amines) is 1. The summed E-state index contributed by atoms with van der Waals surface area (Å²) in [6, 6.07) is 16.8. The quantitative estimate of drug-likeness (QED) is 0.231. The van der Waals surface area contributed by atoms with Gasteiger partial charge < -0.3 is 15.3 Å². The summed E-state index contributed by atoms with van der Waals surface area (Å²) in [6.07, 6.45) is 7.24. The first-order chi connectivity index (χ1) is 22.0. The van der Waals surface area contributed by atoms with Crippen molar-refractivity contribution in [3.05, 3.63) is 71.3 Å². The average Bonchev–Trinajstić information content (AvgIpc) is 3.03. The number of rotatable bonds is 14. The minimum Gasteiger partial charge on any atom is -0.391 e. The first-order valence-corrected chi connectivity index (χ1v) is 17.7. The van der Waals surface area contributed by atoms with Crippen molar-refractivity contribution in [1.29, 1.82) is 0 Å². The molecule has 2 amide bonds. The zero-order valence-corrected chi connectivity index (χ0v) is 28.8. The number of fused-ring (bicyclic) bond motifs is 1. The van der Waals surface area contributed by atoms with Crippen LogP contribution in [0.2, 0.25) is 0 Å². The van der Waals surface area contributed by atoms with Crippen LogP contribution in [0.1, 0.15) is 112 Å². The Labute approximate surface area is 277 Å². The highest BCUT2D eigenvalue weighted by molar-refractivity contribution is 6.00. The first kappa shape index (κ1) is 35.8. The Morgan fingerprint density at radius 3 is 2.24 bits per heavy atom. The van der Waals surface area contributed by atoms with Crippen molar-refractivity contribution in [2.24, 2.45) is 17.8 Å². The van der Waals surface area contributed by atoms with E-state index in [-0.39, 0.29) is 41.5 Å². The van der Waals surface area contributed by atoms with Gasteiger partial charge in [-0.15, -0.1) is 0 Å². The maximum absolute atomic E-state index is 13.8. The Morgan fingerprint density at radius 1 is 0.935 bits per heavy atom. The monoisotopic (exact) mass is 631 g/mol. The highest BCUT2D eigenvalue weighted by Gasteiger charge is 2.41. The second kappa shape index (κ2) is 16.7. The molecule has 1 saturated heterocycles. The molecule has 2 aliphatic rings. The number of nitrogens with one attached hydrogen (secondary N) is 1. The molecule has 0 bridgehead atoms. The lowest BCUT2D eigenvalue weighted by Crippen LogP contribution is -2.59. The normalized spacial score (nSPS) is 21.6. The van der Waals surface area contributed by atoms with Crippen molar-refractivity contribution in [1.82, 2.24) is 15.1 Å². The van der Waals surface area contributed by atoms with Crippen molar-refractivity contribution < 1.29 is 19.5 Å². The van der Waals surface area contributed by atoms with Gasteiger partial charge in [0.05, 0.1) is 12.1 Å². The summed E-state index contributed by atoms with van der Waals surface area (Å²) in [6.45, 7) is 12.6. The van der Waals surface area contributed by atoms with E-state index in [0.29, 0.717) is 49.0 Å².